The topological polar surface area (TPSA) is 51.2 Å². The Kier molecular flexibility index (Phi) is 5.63. The summed E-state index contributed by atoms with van der Waals surface area (Å²) in [7, 11) is 0. The Morgan fingerprint density at radius 3 is 2.56 bits per heavy atom. The summed E-state index contributed by atoms with van der Waals surface area (Å²) in [5, 5.41) is 9.97. The summed E-state index contributed by atoms with van der Waals surface area (Å²) in [4.78, 5) is 2.49. The lowest BCUT2D eigenvalue weighted by Gasteiger charge is -2.35. The van der Waals surface area contributed by atoms with Gasteiger partial charge in [-0.15, -0.1) is 0 Å². The lowest BCUT2D eigenvalue weighted by molar-refractivity contribution is 0.183. The van der Waals surface area contributed by atoms with E-state index in [0.29, 0.717) is 19.0 Å². The fourth-order valence-corrected chi connectivity index (χ4v) is 5.22. The number of rotatable bonds is 5. The fraction of sp³-hybridized carbons (Fsp3) is 0.310. The minimum absolute atomic E-state index is 0.197. The van der Waals surface area contributed by atoms with Crippen LogP contribution in [-0.2, 0) is 0 Å². The summed E-state index contributed by atoms with van der Waals surface area (Å²) >= 11 is 0. The molecule has 3 aromatic rings. The number of nitrogens with zero attached hydrogens (tertiary/aromatic N) is 1. The van der Waals surface area contributed by atoms with Crippen molar-refractivity contribution in [3.8, 4) is 23.0 Å². The van der Waals surface area contributed by atoms with Gasteiger partial charge in [0.1, 0.15) is 36.2 Å². The molecule has 34 heavy (non-hydrogen) atoms. The molecule has 3 aromatic carbocycles. The quantitative estimate of drug-likeness (QED) is 0.535. The third kappa shape index (κ3) is 4.01. The van der Waals surface area contributed by atoms with Crippen molar-refractivity contribution in [2.75, 3.05) is 32.8 Å². The average Bonchev–Trinajstić information content (AvgIpc) is 2.89. The molecule has 1 saturated heterocycles. The molecule has 1 atom stereocenters. The first-order valence-corrected chi connectivity index (χ1v) is 12.2. The number of likely N-dealkylation sites (tertiary alicyclic amines) is 1. The molecule has 3 heterocycles. The molecule has 3 aliphatic rings. The summed E-state index contributed by atoms with van der Waals surface area (Å²) in [5.41, 5.74) is 5.31. The number of piperidine rings is 1. The second-order valence-electron chi connectivity index (χ2n) is 9.18. The molecule has 3 aliphatic heterocycles. The monoisotopic (exact) mass is 455 g/mol. The van der Waals surface area contributed by atoms with Gasteiger partial charge in [-0.2, -0.15) is 0 Å². The van der Waals surface area contributed by atoms with E-state index in [2.05, 4.69) is 23.1 Å². The molecule has 0 aliphatic carbocycles. The number of aromatic hydroxyl groups is 1. The summed E-state index contributed by atoms with van der Waals surface area (Å²) in [6.07, 6.45) is 3.68. The Balaban J connectivity index is 1.27. The van der Waals surface area contributed by atoms with Gasteiger partial charge in [0.15, 0.2) is 6.10 Å². The van der Waals surface area contributed by atoms with E-state index in [-0.39, 0.29) is 11.9 Å². The standard InChI is InChI=1S/C29H29NO4/c31-21-10-13-24-27(18-21)33-19-25-23-6-2-3-7-26(23)34-29(28(24)25)20-8-11-22(12-9-20)32-17-16-30-14-4-1-5-15-30/h2-3,6-13,18,29,31H,1,4-5,14-17,19H2. The zero-order chi connectivity index (χ0) is 22.9. The normalized spacial score (nSPS) is 19.4. The van der Waals surface area contributed by atoms with Gasteiger partial charge in [-0.05, 0) is 61.8 Å². The van der Waals surface area contributed by atoms with E-state index >= 15 is 0 Å². The molecule has 1 unspecified atom stereocenters. The van der Waals surface area contributed by atoms with Crippen LogP contribution in [0, 0.1) is 0 Å². The number of ether oxygens (including phenoxy) is 3. The van der Waals surface area contributed by atoms with Crippen molar-refractivity contribution in [2.24, 2.45) is 0 Å². The van der Waals surface area contributed by atoms with Gasteiger partial charge in [-0.1, -0.05) is 36.8 Å². The van der Waals surface area contributed by atoms with E-state index in [4.69, 9.17) is 14.2 Å². The Morgan fingerprint density at radius 2 is 1.71 bits per heavy atom. The Labute approximate surface area is 200 Å². The predicted octanol–water partition coefficient (Wildman–Crippen LogP) is 5.69. The van der Waals surface area contributed by atoms with Crippen LogP contribution >= 0.6 is 0 Å². The lowest BCUT2D eigenvalue weighted by Crippen LogP contribution is -2.33. The van der Waals surface area contributed by atoms with Gasteiger partial charge in [0.25, 0.3) is 0 Å². The van der Waals surface area contributed by atoms with Crippen LogP contribution in [0.1, 0.15) is 42.1 Å². The number of para-hydroxylation sites is 1. The summed E-state index contributed by atoms with van der Waals surface area (Å²) < 4.78 is 18.6. The van der Waals surface area contributed by atoms with E-state index in [0.717, 1.165) is 45.9 Å². The van der Waals surface area contributed by atoms with Gasteiger partial charge in [0.2, 0.25) is 0 Å². The number of phenolic OH excluding ortho intramolecular Hbond substituents is 1. The van der Waals surface area contributed by atoms with Crippen molar-refractivity contribution in [3.63, 3.8) is 0 Å². The van der Waals surface area contributed by atoms with Crippen LogP contribution in [0.25, 0.3) is 11.1 Å². The molecule has 174 valence electrons. The van der Waals surface area contributed by atoms with Crippen molar-refractivity contribution < 1.29 is 19.3 Å². The molecular weight excluding hydrogens is 426 g/mol. The third-order valence-corrected chi connectivity index (χ3v) is 6.98. The first-order valence-electron chi connectivity index (χ1n) is 12.2. The number of hydrogen-bond donors (Lipinski definition) is 1. The van der Waals surface area contributed by atoms with Crippen LogP contribution in [0.15, 0.2) is 66.7 Å². The molecule has 5 nitrogen and oxygen atoms in total. The van der Waals surface area contributed by atoms with Gasteiger partial charge >= 0.3 is 0 Å². The number of hydrogen-bond acceptors (Lipinski definition) is 5. The molecule has 0 aromatic heterocycles. The zero-order valence-corrected chi connectivity index (χ0v) is 19.2. The molecule has 0 radical (unpaired) electrons. The predicted molar refractivity (Wildman–Crippen MR) is 132 cm³/mol. The average molecular weight is 456 g/mol. The van der Waals surface area contributed by atoms with Crippen LogP contribution in [0.5, 0.6) is 23.0 Å². The Bertz CT molecular complexity index is 1210. The van der Waals surface area contributed by atoms with Gasteiger partial charge in [-0.3, -0.25) is 4.90 Å². The van der Waals surface area contributed by atoms with E-state index in [9.17, 15) is 5.11 Å². The molecule has 0 saturated carbocycles. The van der Waals surface area contributed by atoms with E-state index in [1.807, 2.05) is 36.4 Å². The van der Waals surface area contributed by atoms with Crippen LogP contribution in [-0.4, -0.2) is 42.9 Å². The summed E-state index contributed by atoms with van der Waals surface area (Å²) in [6, 6.07) is 21.7. The summed E-state index contributed by atoms with van der Waals surface area (Å²) in [6.45, 7) is 4.49. The maximum atomic E-state index is 9.97. The van der Waals surface area contributed by atoms with E-state index < -0.39 is 0 Å². The van der Waals surface area contributed by atoms with E-state index in [1.165, 1.54) is 32.4 Å². The molecule has 0 amide bonds. The zero-order valence-electron chi connectivity index (χ0n) is 19.2. The van der Waals surface area contributed by atoms with Crippen LogP contribution in [0.4, 0.5) is 0 Å². The lowest BCUT2D eigenvalue weighted by atomic mass is 9.84. The first kappa shape index (κ1) is 21.1. The highest BCUT2D eigenvalue weighted by molar-refractivity contribution is 5.99. The smallest absolute Gasteiger partial charge is 0.150 e. The highest BCUT2D eigenvalue weighted by atomic mass is 16.5. The van der Waals surface area contributed by atoms with Crippen LogP contribution in [0.3, 0.4) is 0 Å². The largest absolute Gasteiger partial charge is 0.508 e. The van der Waals surface area contributed by atoms with Gasteiger partial charge < -0.3 is 19.3 Å². The second kappa shape index (κ2) is 9.07. The minimum Gasteiger partial charge on any atom is -0.508 e. The maximum absolute atomic E-state index is 9.97. The minimum atomic E-state index is -0.264. The van der Waals surface area contributed by atoms with Gasteiger partial charge in [-0.25, -0.2) is 0 Å². The Morgan fingerprint density at radius 1 is 0.882 bits per heavy atom. The number of phenols is 1. The van der Waals surface area contributed by atoms with Crippen LogP contribution < -0.4 is 14.2 Å². The van der Waals surface area contributed by atoms with E-state index in [1.54, 1.807) is 12.1 Å². The Hall–Kier alpha value is -3.44. The maximum Gasteiger partial charge on any atom is 0.150 e. The molecule has 0 bridgehead atoms. The first-order chi connectivity index (χ1) is 16.8. The van der Waals surface area contributed by atoms with Crippen molar-refractivity contribution in [1.29, 1.82) is 0 Å². The molecule has 0 spiro atoms. The number of benzene rings is 3. The molecule has 6 rings (SSSR count). The van der Waals surface area contributed by atoms with Crippen LogP contribution in [0.2, 0.25) is 0 Å². The van der Waals surface area contributed by atoms with Crippen molar-refractivity contribution >= 4 is 11.1 Å². The summed E-state index contributed by atoms with van der Waals surface area (Å²) in [5.74, 6) is 2.62. The van der Waals surface area contributed by atoms with Gasteiger partial charge in [0, 0.05) is 34.9 Å². The van der Waals surface area contributed by atoms with Crippen molar-refractivity contribution in [1.82, 2.24) is 4.90 Å². The molecule has 1 fully saturated rings. The molecule has 5 heteroatoms. The van der Waals surface area contributed by atoms with Crippen molar-refractivity contribution in [2.45, 2.75) is 25.4 Å². The molecular formula is C29H29NO4. The van der Waals surface area contributed by atoms with Crippen molar-refractivity contribution in [3.05, 3.63) is 83.4 Å². The van der Waals surface area contributed by atoms with Gasteiger partial charge in [0.05, 0.1) is 0 Å². The highest BCUT2D eigenvalue weighted by Crippen LogP contribution is 2.51. The fourth-order valence-electron chi connectivity index (χ4n) is 5.22. The third-order valence-electron chi connectivity index (χ3n) is 6.98. The SMILES string of the molecule is Oc1ccc2c(c1)OCC1=C2C(c2ccc(OCCN3CCCCC3)cc2)Oc2ccccc21. The highest BCUT2D eigenvalue weighted by Gasteiger charge is 2.35. The molecule has 1 N–H and O–H groups in total. The second-order valence-corrected chi connectivity index (χ2v) is 9.18. The number of fused-ring (bicyclic) bond motifs is 4.